The number of amides is 1. The van der Waals surface area contributed by atoms with Gasteiger partial charge in [0.05, 0.1) is 0 Å². The first-order valence-corrected chi connectivity index (χ1v) is 10.6. The van der Waals surface area contributed by atoms with Gasteiger partial charge in [0.15, 0.2) is 6.10 Å². The Morgan fingerprint density at radius 3 is 2.45 bits per heavy atom. The first-order valence-electron chi connectivity index (χ1n) is 9.81. The molecule has 3 aromatic carbocycles. The van der Waals surface area contributed by atoms with Crippen molar-refractivity contribution in [2.45, 2.75) is 25.6 Å². The van der Waals surface area contributed by atoms with Gasteiger partial charge in [0.1, 0.15) is 17.6 Å². The minimum absolute atomic E-state index is 0.0454. The van der Waals surface area contributed by atoms with Gasteiger partial charge in [-0.25, -0.2) is 4.79 Å². The number of hydrogen-bond donors (Lipinski definition) is 3. The van der Waals surface area contributed by atoms with E-state index in [0.717, 1.165) is 5.56 Å². The van der Waals surface area contributed by atoms with Gasteiger partial charge in [-0.3, -0.25) is 5.32 Å². The van der Waals surface area contributed by atoms with Gasteiger partial charge in [-0.1, -0.05) is 51.8 Å². The molecule has 0 aromatic heterocycles. The van der Waals surface area contributed by atoms with Crippen LogP contribution in [0.1, 0.15) is 23.7 Å². The largest absolute Gasteiger partial charge is 0.508 e. The molecule has 0 bridgehead atoms. The summed E-state index contributed by atoms with van der Waals surface area (Å²) in [5, 5.41) is 22.8. The maximum Gasteiger partial charge on any atom is 0.412 e. The standard InChI is InChI=1S/C24H24BrNO5/c1-16-7-10-18(11-8-16)26-24(29)31-23(20-15-17(25)9-12-21(20)28)22(13-14-27)30-19-5-3-2-4-6-19/h2-12,15,22-23,27-28H,13-14H2,1H3,(H,26,29)/t22-,23-/m0/s1. The van der Waals surface area contributed by atoms with Crippen molar-refractivity contribution < 1.29 is 24.5 Å². The summed E-state index contributed by atoms with van der Waals surface area (Å²) in [7, 11) is 0. The number of carbonyl (C=O) groups is 1. The fraction of sp³-hybridized carbons (Fsp3) is 0.208. The number of aryl methyl sites for hydroxylation is 1. The molecule has 31 heavy (non-hydrogen) atoms. The van der Waals surface area contributed by atoms with Crippen molar-refractivity contribution in [2.75, 3.05) is 11.9 Å². The predicted molar refractivity (Wildman–Crippen MR) is 122 cm³/mol. The fourth-order valence-corrected chi connectivity index (χ4v) is 3.44. The van der Waals surface area contributed by atoms with Crippen LogP contribution in [0.2, 0.25) is 0 Å². The van der Waals surface area contributed by atoms with E-state index in [-0.39, 0.29) is 18.8 Å². The molecule has 3 rings (SSSR count). The molecule has 0 saturated heterocycles. The third kappa shape index (κ3) is 6.47. The molecule has 0 radical (unpaired) electrons. The minimum atomic E-state index is -0.977. The average molecular weight is 486 g/mol. The zero-order chi connectivity index (χ0) is 22.2. The van der Waals surface area contributed by atoms with Crippen LogP contribution in [-0.2, 0) is 4.74 Å². The SMILES string of the molecule is Cc1ccc(NC(=O)O[C@@H](c2cc(Br)ccc2O)[C@H](CCO)Oc2ccccc2)cc1. The van der Waals surface area contributed by atoms with Crippen LogP contribution in [0, 0.1) is 6.92 Å². The summed E-state index contributed by atoms with van der Waals surface area (Å²) in [5.41, 5.74) is 2.01. The van der Waals surface area contributed by atoms with Crippen LogP contribution in [0.25, 0.3) is 0 Å². The molecule has 0 aliphatic heterocycles. The number of ether oxygens (including phenoxy) is 2. The molecule has 0 spiro atoms. The molecule has 0 fully saturated rings. The first kappa shape index (κ1) is 22.7. The van der Waals surface area contributed by atoms with Gasteiger partial charge in [-0.15, -0.1) is 0 Å². The van der Waals surface area contributed by atoms with E-state index in [1.165, 1.54) is 6.07 Å². The van der Waals surface area contributed by atoms with E-state index in [2.05, 4.69) is 21.2 Å². The van der Waals surface area contributed by atoms with Gasteiger partial charge < -0.3 is 19.7 Å². The van der Waals surface area contributed by atoms with Crippen LogP contribution in [0.4, 0.5) is 10.5 Å². The number of aromatic hydroxyl groups is 1. The van der Waals surface area contributed by atoms with Crippen LogP contribution < -0.4 is 10.1 Å². The number of phenols is 1. The molecule has 2 atom stereocenters. The molecular weight excluding hydrogens is 462 g/mol. The molecular formula is C24H24BrNO5. The Labute approximate surface area is 189 Å². The maximum atomic E-state index is 12.7. The van der Waals surface area contributed by atoms with Crippen LogP contribution >= 0.6 is 15.9 Å². The zero-order valence-electron chi connectivity index (χ0n) is 17.0. The van der Waals surface area contributed by atoms with Crippen molar-refractivity contribution in [2.24, 2.45) is 0 Å². The highest BCUT2D eigenvalue weighted by molar-refractivity contribution is 9.10. The number of para-hydroxylation sites is 1. The maximum absolute atomic E-state index is 12.7. The Morgan fingerprint density at radius 2 is 1.77 bits per heavy atom. The summed E-state index contributed by atoms with van der Waals surface area (Å²) >= 11 is 3.39. The van der Waals surface area contributed by atoms with Gasteiger partial charge >= 0.3 is 6.09 Å². The van der Waals surface area contributed by atoms with Crippen molar-refractivity contribution in [3.8, 4) is 11.5 Å². The average Bonchev–Trinajstić information content (AvgIpc) is 2.76. The van der Waals surface area contributed by atoms with Gasteiger partial charge in [0, 0.05) is 28.8 Å². The Balaban J connectivity index is 1.89. The summed E-state index contributed by atoms with van der Waals surface area (Å²) in [5.74, 6) is 0.513. The molecule has 6 nitrogen and oxygen atoms in total. The molecule has 0 aliphatic carbocycles. The van der Waals surface area contributed by atoms with Gasteiger partial charge in [0.25, 0.3) is 0 Å². The number of carbonyl (C=O) groups excluding carboxylic acids is 1. The Bertz CT molecular complexity index is 995. The molecule has 1 amide bonds. The van der Waals surface area contributed by atoms with Crippen LogP contribution in [-0.4, -0.2) is 29.0 Å². The summed E-state index contributed by atoms with van der Waals surface area (Å²) < 4.78 is 12.5. The molecule has 0 heterocycles. The van der Waals surface area contributed by atoms with Crippen molar-refractivity contribution in [3.05, 3.63) is 88.4 Å². The fourth-order valence-electron chi connectivity index (χ4n) is 3.07. The first-order chi connectivity index (χ1) is 15.0. The predicted octanol–water partition coefficient (Wildman–Crippen LogP) is 5.58. The highest BCUT2D eigenvalue weighted by atomic mass is 79.9. The van der Waals surface area contributed by atoms with E-state index < -0.39 is 18.3 Å². The summed E-state index contributed by atoms with van der Waals surface area (Å²) in [6.07, 6.45) is -2.23. The van der Waals surface area contributed by atoms with E-state index in [9.17, 15) is 15.0 Å². The monoisotopic (exact) mass is 485 g/mol. The number of aliphatic hydroxyl groups excluding tert-OH is 1. The van der Waals surface area contributed by atoms with Gasteiger partial charge in [-0.05, 0) is 49.4 Å². The van der Waals surface area contributed by atoms with E-state index in [1.807, 2.05) is 37.3 Å². The number of benzene rings is 3. The number of phenolic OH excluding ortho intramolecular Hbond substituents is 1. The number of hydrogen-bond acceptors (Lipinski definition) is 5. The Morgan fingerprint density at radius 1 is 1.06 bits per heavy atom. The number of halogens is 1. The molecule has 0 unspecified atom stereocenters. The van der Waals surface area contributed by atoms with Gasteiger partial charge in [-0.2, -0.15) is 0 Å². The van der Waals surface area contributed by atoms with Crippen LogP contribution in [0.3, 0.4) is 0 Å². The smallest absolute Gasteiger partial charge is 0.412 e. The Hall–Kier alpha value is -3.03. The number of rotatable bonds is 8. The third-order valence-electron chi connectivity index (χ3n) is 4.61. The second-order valence-electron chi connectivity index (χ2n) is 7.00. The molecule has 3 N–H and O–H groups in total. The van der Waals surface area contributed by atoms with E-state index in [4.69, 9.17) is 9.47 Å². The minimum Gasteiger partial charge on any atom is -0.508 e. The normalized spacial score (nSPS) is 12.6. The van der Waals surface area contributed by atoms with Crippen molar-refractivity contribution in [1.29, 1.82) is 0 Å². The number of nitrogens with one attached hydrogen (secondary N) is 1. The lowest BCUT2D eigenvalue weighted by Gasteiger charge is -2.28. The molecule has 3 aromatic rings. The summed E-state index contributed by atoms with van der Waals surface area (Å²) in [6, 6.07) is 21.2. The highest BCUT2D eigenvalue weighted by Gasteiger charge is 2.31. The zero-order valence-corrected chi connectivity index (χ0v) is 18.6. The number of anilines is 1. The lowest BCUT2D eigenvalue weighted by molar-refractivity contribution is 0.00797. The molecule has 162 valence electrons. The topological polar surface area (TPSA) is 88.0 Å². The van der Waals surface area contributed by atoms with Crippen molar-refractivity contribution in [1.82, 2.24) is 0 Å². The quantitative estimate of drug-likeness (QED) is 0.387. The lowest BCUT2D eigenvalue weighted by atomic mass is 10.0. The van der Waals surface area contributed by atoms with Crippen molar-refractivity contribution >= 4 is 27.7 Å². The van der Waals surface area contributed by atoms with E-state index >= 15 is 0 Å². The summed E-state index contributed by atoms with van der Waals surface area (Å²) in [6.45, 7) is 1.76. The second kappa shape index (κ2) is 10.8. The van der Waals surface area contributed by atoms with Crippen LogP contribution in [0.15, 0.2) is 77.3 Å². The molecule has 7 heteroatoms. The highest BCUT2D eigenvalue weighted by Crippen LogP contribution is 2.35. The van der Waals surface area contributed by atoms with Crippen LogP contribution in [0.5, 0.6) is 11.5 Å². The third-order valence-corrected chi connectivity index (χ3v) is 5.10. The van der Waals surface area contributed by atoms with Crippen molar-refractivity contribution in [3.63, 3.8) is 0 Å². The second-order valence-corrected chi connectivity index (χ2v) is 7.92. The lowest BCUT2D eigenvalue weighted by Crippen LogP contribution is -2.32. The summed E-state index contributed by atoms with van der Waals surface area (Å²) in [4.78, 5) is 12.7. The Kier molecular flexibility index (Phi) is 7.92. The number of aliphatic hydroxyl groups is 1. The molecule has 0 saturated carbocycles. The van der Waals surface area contributed by atoms with Gasteiger partial charge in [0.2, 0.25) is 0 Å². The van der Waals surface area contributed by atoms with E-state index in [0.29, 0.717) is 21.5 Å². The molecule has 0 aliphatic rings. The van der Waals surface area contributed by atoms with E-state index in [1.54, 1.807) is 36.4 Å².